The first kappa shape index (κ1) is 21.4. The number of hydrogen-bond acceptors (Lipinski definition) is 5. The van der Waals surface area contributed by atoms with Crippen molar-refractivity contribution < 1.29 is 21.6 Å². The Balaban J connectivity index is 3.20. The number of carbonyl (C=O) groups excluding carboxylic acids is 1. The molecule has 0 spiro atoms. The van der Waals surface area contributed by atoms with E-state index in [9.17, 15) is 21.6 Å². The van der Waals surface area contributed by atoms with Crippen LogP contribution in [0.5, 0.6) is 0 Å². The van der Waals surface area contributed by atoms with Crippen LogP contribution in [0.1, 0.15) is 13.8 Å². The quantitative estimate of drug-likeness (QED) is 0.646. The molecular weight excluding hydrogens is 366 g/mol. The smallest absolute Gasteiger partial charge is 0.243 e. The van der Waals surface area contributed by atoms with Crippen molar-refractivity contribution in [1.82, 2.24) is 9.21 Å². The van der Waals surface area contributed by atoms with Gasteiger partial charge >= 0.3 is 0 Å². The van der Waals surface area contributed by atoms with Gasteiger partial charge in [-0.2, -0.15) is 0 Å². The van der Waals surface area contributed by atoms with Crippen LogP contribution in [0.2, 0.25) is 0 Å². The minimum Gasteiger partial charge on any atom is -0.342 e. The van der Waals surface area contributed by atoms with Gasteiger partial charge in [0.05, 0.1) is 16.8 Å². The average Bonchev–Trinajstić information content (AvgIpc) is 2.52. The van der Waals surface area contributed by atoms with Crippen LogP contribution >= 0.6 is 0 Å². The third kappa shape index (κ3) is 5.16. The summed E-state index contributed by atoms with van der Waals surface area (Å²) in [5.41, 5.74) is 0.237. The molecule has 0 unspecified atom stereocenters. The highest BCUT2D eigenvalue weighted by atomic mass is 32.2. The Hall–Kier alpha value is -1.65. The Labute approximate surface area is 150 Å². The van der Waals surface area contributed by atoms with E-state index in [1.165, 1.54) is 43.3 Å². The molecule has 1 aromatic rings. The first-order valence-electron chi connectivity index (χ1n) is 7.73. The van der Waals surface area contributed by atoms with Gasteiger partial charge in [-0.25, -0.2) is 21.1 Å². The van der Waals surface area contributed by atoms with Crippen LogP contribution < -0.4 is 4.31 Å². The Bertz CT molecular complexity index is 798. The van der Waals surface area contributed by atoms with E-state index in [-0.39, 0.29) is 23.0 Å². The number of sulfonamides is 2. The molecular formula is C15H25N3O5S2. The van der Waals surface area contributed by atoms with E-state index < -0.39 is 20.0 Å². The number of likely N-dealkylation sites (N-methyl/N-ethyl adjacent to an activating group) is 1. The van der Waals surface area contributed by atoms with Gasteiger partial charge in [0.2, 0.25) is 26.0 Å². The normalized spacial score (nSPS) is 12.2. The molecule has 1 amide bonds. The van der Waals surface area contributed by atoms with Gasteiger partial charge in [-0.1, -0.05) is 0 Å². The lowest BCUT2D eigenvalue weighted by Crippen LogP contribution is -2.42. The van der Waals surface area contributed by atoms with Crippen LogP contribution in [0.25, 0.3) is 0 Å². The molecule has 0 fully saturated rings. The van der Waals surface area contributed by atoms with E-state index in [1.807, 2.05) is 13.8 Å². The summed E-state index contributed by atoms with van der Waals surface area (Å²) < 4.78 is 50.4. The molecule has 0 aromatic heterocycles. The summed E-state index contributed by atoms with van der Waals surface area (Å²) in [7, 11) is -4.49. The van der Waals surface area contributed by atoms with Crippen molar-refractivity contribution in [3.63, 3.8) is 0 Å². The van der Waals surface area contributed by atoms with Gasteiger partial charge < -0.3 is 4.90 Å². The van der Waals surface area contributed by atoms with E-state index in [0.29, 0.717) is 13.1 Å². The van der Waals surface area contributed by atoms with E-state index in [4.69, 9.17) is 0 Å². The molecule has 1 aromatic carbocycles. The maximum absolute atomic E-state index is 12.3. The third-order valence-corrected chi connectivity index (χ3v) is 6.67. The van der Waals surface area contributed by atoms with Gasteiger partial charge in [0, 0.05) is 27.2 Å². The molecule has 0 bridgehead atoms. The van der Waals surface area contributed by atoms with Gasteiger partial charge in [-0.3, -0.25) is 9.10 Å². The number of benzene rings is 1. The SMILES string of the molecule is CCN(CC)C(=O)CN(c1ccc(S(=O)(=O)N(C)C)cc1)S(C)(=O)=O. The minimum absolute atomic E-state index is 0.0461. The molecule has 142 valence electrons. The van der Waals surface area contributed by atoms with Crippen LogP contribution in [0.15, 0.2) is 29.2 Å². The molecule has 0 aliphatic rings. The van der Waals surface area contributed by atoms with Crippen molar-refractivity contribution in [3.8, 4) is 0 Å². The van der Waals surface area contributed by atoms with Crippen LogP contribution in [0.4, 0.5) is 5.69 Å². The molecule has 25 heavy (non-hydrogen) atoms. The average molecular weight is 392 g/mol. The minimum atomic E-state index is -3.70. The number of rotatable bonds is 8. The molecule has 0 saturated carbocycles. The topological polar surface area (TPSA) is 95.1 Å². The molecule has 0 heterocycles. The summed E-state index contributed by atoms with van der Waals surface area (Å²) in [5.74, 6) is -0.319. The van der Waals surface area contributed by atoms with Gasteiger partial charge in [0.1, 0.15) is 6.54 Å². The number of amides is 1. The first-order chi connectivity index (χ1) is 11.4. The number of anilines is 1. The van der Waals surface area contributed by atoms with Crippen molar-refractivity contribution in [3.05, 3.63) is 24.3 Å². The standard InChI is InChI=1S/C15H25N3O5S2/c1-6-17(7-2)15(19)12-18(24(5,20)21)13-8-10-14(11-9-13)25(22,23)16(3)4/h8-11H,6-7,12H2,1-5H3. The van der Waals surface area contributed by atoms with Crippen LogP contribution in [-0.4, -0.2) is 71.9 Å². The van der Waals surface area contributed by atoms with E-state index in [0.717, 1.165) is 14.9 Å². The fourth-order valence-electron chi connectivity index (χ4n) is 2.19. The van der Waals surface area contributed by atoms with Crippen LogP contribution in [0.3, 0.4) is 0 Å². The molecule has 0 atom stereocenters. The molecule has 0 radical (unpaired) electrons. The van der Waals surface area contributed by atoms with Crippen molar-refractivity contribution in [1.29, 1.82) is 0 Å². The van der Waals surface area contributed by atoms with Gasteiger partial charge in [-0.05, 0) is 38.1 Å². The van der Waals surface area contributed by atoms with Crippen LogP contribution in [0, 0.1) is 0 Å². The fourth-order valence-corrected chi connectivity index (χ4v) is 3.95. The zero-order chi connectivity index (χ0) is 19.4. The zero-order valence-corrected chi connectivity index (χ0v) is 16.8. The van der Waals surface area contributed by atoms with E-state index in [2.05, 4.69) is 0 Å². The highest BCUT2D eigenvalue weighted by Crippen LogP contribution is 2.21. The zero-order valence-electron chi connectivity index (χ0n) is 15.1. The van der Waals surface area contributed by atoms with Crippen molar-refractivity contribution in [2.45, 2.75) is 18.7 Å². The summed E-state index contributed by atoms with van der Waals surface area (Å²) in [5, 5.41) is 0. The number of nitrogens with zero attached hydrogens (tertiary/aromatic N) is 3. The van der Waals surface area contributed by atoms with E-state index >= 15 is 0 Å². The van der Waals surface area contributed by atoms with Gasteiger partial charge in [0.15, 0.2) is 0 Å². The van der Waals surface area contributed by atoms with Gasteiger partial charge in [0.25, 0.3) is 0 Å². The highest BCUT2D eigenvalue weighted by Gasteiger charge is 2.24. The fraction of sp³-hybridized carbons (Fsp3) is 0.533. The second-order valence-corrected chi connectivity index (χ2v) is 9.68. The molecule has 0 N–H and O–H groups in total. The molecule has 0 aliphatic heterocycles. The molecule has 0 aliphatic carbocycles. The summed E-state index contributed by atoms with van der Waals surface area (Å²) in [6, 6.07) is 5.41. The summed E-state index contributed by atoms with van der Waals surface area (Å²) in [6.07, 6.45) is 1.01. The molecule has 10 heteroatoms. The lowest BCUT2D eigenvalue weighted by atomic mass is 10.3. The van der Waals surface area contributed by atoms with Crippen molar-refractivity contribution in [2.75, 3.05) is 44.3 Å². The summed E-state index contributed by atoms with van der Waals surface area (Å²) in [4.78, 5) is 13.8. The molecule has 0 saturated heterocycles. The Morgan fingerprint density at radius 2 is 1.44 bits per heavy atom. The first-order valence-corrected chi connectivity index (χ1v) is 11.0. The number of carbonyl (C=O) groups is 1. The summed E-state index contributed by atoms with van der Waals surface area (Å²) >= 11 is 0. The Morgan fingerprint density at radius 1 is 0.960 bits per heavy atom. The number of hydrogen-bond donors (Lipinski definition) is 0. The maximum atomic E-state index is 12.3. The van der Waals surface area contributed by atoms with Gasteiger partial charge in [-0.15, -0.1) is 0 Å². The predicted octanol–water partition coefficient (Wildman–Crippen LogP) is 0.571. The Morgan fingerprint density at radius 3 is 1.80 bits per heavy atom. The lowest BCUT2D eigenvalue weighted by molar-refractivity contribution is -0.129. The molecule has 1 rings (SSSR count). The Kier molecular flexibility index (Phi) is 6.98. The molecule has 8 nitrogen and oxygen atoms in total. The highest BCUT2D eigenvalue weighted by molar-refractivity contribution is 7.92. The lowest BCUT2D eigenvalue weighted by Gasteiger charge is -2.26. The van der Waals surface area contributed by atoms with Crippen molar-refractivity contribution in [2.24, 2.45) is 0 Å². The van der Waals surface area contributed by atoms with Crippen molar-refractivity contribution >= 4 is 31.6 Å². The second-order valence-electron chi connectivity index (χ2n) is 5.62. The van der Waals surface area contributed by atoms with E-state index in [1.54, 1.807) is 0 Å². The predicted molar refractivity (Wildman–Crippen MR) is 97.4 cm³/mol. The third-order valence-electron chi connectivity index (χ3n) is 3.70. The summed E-state index contributed by atoms with van der Waals surface area (Å²) in [6.45, 7) is 4.25. The maximum Gasteiger partial charge on any atom is 0.243 e. The van der Waals surface area contributed by atoms with Crippen LogP contribution in [-0.2, 0) is 24.8 Å². The second kappa shape index (κ2) is 8.15. The largest absolute Gasteiger partial charge is 0.342 e. The monoisotopic (exact) mass is 391 g/mol.